The molecule has 0 aliphatic carbocycles. The molecule has 0 aliphatic heterocycles. The predicted octanol–water partition coefficient (Wildman–Crippen LogP) is 2.70. The molecule has 0 aliphatic rings. The second kappa shape index (κ2) is 5.72. The Kier molecular flexibility index (Phi) is 5.32. The van der Waals surface area contributed by atoms with Gasteiger partial charge in [-0.3, -0.25) is 0 Å². The molecule has 0 saturated carbocycles. The highest BCUT2D eigenvalue weighted by Gasteiger charge is 2.37. The Balaban J connectivity index is 0.00000196. The van der Waals surface area contributed by atoms with Crippen molar-refractivity contribution in [1.82, 2.24) is 6.15 Å². The molecule has 1 aromatic carbocycles. The molecule has 2 nitrogen and oxygen atoms in total. The molecule has 1 rings (SSSR count). The number of aryl methyl sites for hydroxylation is 1. The van der Waals surface area contributed by atoms with Crippen LogP contribution in [0.1, 0.15) is 12.0 Å². The zero-order chi connectivity index (χ0) is 10.6. The smallest absolute Gasteiger partial charge is 0.384 e. The number of aliphatic hydroxyl groups is 1. The van der Waals surface area contributed by atoms with Gasteiger partial charge in [-0.25, -0.2) is 0 Å². The summed E-state index contributed by atoms with van der Waals surface area (Å²) in [4.78, 5) is 0. The minimum absolute atomic E-state index is 0. The quantitative estimate of drug-likeness (QED) is 0.824. The molecular weight excluding hydrogens is 207 g/mol. The van der Waals surface area contributed by atoms with E-state index in [1.165, 1.54) is 0 Å². The topological polar surface area (TPSA) is 55.2 Å². The van der Waals surface area contributed by atoms with E-state index in [-0.39, 0.29) is 19.0 Å². The molecule has 4 N–H and O–H groups in total. The van der Waals surface area contributed by atoms with Crippen LogP contribution in [0, 0.1) is 0 Å². The summed E-state index contributed by atoms with van der Waals surface area (Å²) in [6.45, 7) is 0. The Hall–Kier alpha value is -1.07. The summed E-state index contributed by atoms with van der Waals surface area (Å²) < 4.78 is 35.7. The fourth-order valence-corrected chi connectivity index (χ4v) is 1.11. The third kappa shape index (κ3) is 4.80. The molecule has 0 fully saturated rings. The van der Waals surface area contributed by atoms with Crippen molar-refractivity contribution in [3.8, 4) is 0 Å². The third-order valence-corrected chi connectivity index (χ3v) is 1.93. The van der Waals surface area contributed by atoms with E-state index in [0.29, 0.717) is 0 Å². The highest BCUT2D eigenvalue weighted by atomic mass is 19.4. The lowest BCUT2D eigenvalue weighted by molar-refractivity contribution is -0.205. The highest BCUT2D eigenvalue weighted by molar-refractivity contribution is 5.14. The molecule has 0 aromatic heterocycles. The van der Waals surface area contributed by atoms with Crippen molar-refractivity contribution in [3.05, 3.63) is 35.9 Å². The molecule has 0 heterocycles. The number of rotatable bonds is 3. The van der Waals surface area contributed by atoms with Crippen molar-refractivity contribution in [2.45, 2.75) is 25.1 Å². The fourth-order valence-electron chi connectivity index (χ4n) is 1.11. The van der Waals surface area contributed by atoms with E-state index < -0.39 is 12.3 Å². The van der Waals surface area contributed by atoms with Crippen molar-refractivity contribution in [3.63, 3.8) is 0 Å². The van der Waals surface area contributed by atoms with E-state index in [4.69, 9.17) is 5.11 Å². The van der Waals surface area contributed by atoms with Gasteiger partial charge < -0.3 is 11.3 Å². The lowest BCUT2D eigenvalue weighted by atomic mass is 10.1. The van der Waals surface area contributed by atoms with Gasteiger partial charge in [0.1, 0.15) is 6.10 Å². The van der Waals surface area contributed by atoms with Gasteiger partial charge in [0.05, 0.1) is 0 Å². The third-order valence-electron chi connectivity index (χ3n) is 1.93. The number of aliphatic hydroxyl groups excluding tert-OH is 1. The van der Waals surface area contributed by atoms with Gasteiger partial charge in [-0.1, -0.05) is 30.3 Å². The molecule has 0 unspecified atom stereocenters. The first-order valence-electron chi connectivity index (χ1n) is 4.29. The molecule has 86 valence electrons. The van der Waals surface area contributed by atoms with Gasteiger partial charge in [0, 0.05) is 0 Å². The maximum absolute atomic E-state index is 11.9. The Morgan fingerprint density at radius 1 is 1.13 bits per heavy atom. The highest BCUT2D eigenvalue weighted by Crippen LogP contribution is 2.23. The summed E-state index contributed by atoms with van der Waals surface area (Å²) in [5.41, 5.74) is 0.802. The van der Waals surface area contributed by atoms with Gasteiger partial charge >= 0.3 is 6.18 Å². The van der Waals surface area contributed by atoms with Crippen molar-refractivity contribution in [2.24, 2.45) is 0 Å². The largest absolute Gasteiger partial charge is 0.414 e. The van der Waals surface area contributed by atoms with Crippen LogP contribution in [0.15, 0.2) is 30.3 Å². The number of alkyl halides is 3. The monoisotopic (exact) mass is 221 g/mol. The fraction of sp³-hybridized carbons (Fsp3) is 0.400. The number of benzene rings is 1. The van der Waals surface area contributed by atoms with Crippen LogP contribution in [0.5, 0.6) is 0 Å². The van der Waals surface area contributed by atoms with Crippen LogP contribution >= 0.6 is 0 Å². The Morgan fingerprint density at radius 3 is 2.13 bits per heavy atom. The van der Waals surface area contributed by atoms with Crippen LogP contribution in [0.3, 0.4) is 0 Å². The van der Waals surface area contributed by atoms with Crippen molar-refractivity contribution >= 4 is 0 Å². The van der Waals surface area contributed by atoms with E-state index >= 15 is 0 Å². The van der Waals surface area contributed by atoms with Crippen molar-refractivity contribution in [1.29, 1.82) is 0 Å². The van der Waals surface area contributed by atoms with Gasteiger partial charge in [-0.05, 0) is 18.4 Å². The first-order chi connectivity index (χ1) is 6.50. The van der Waals surface area contributed by atoms with Crippen LogP contribution in [-0.4, -0.2) is 17.4 Å². The average Bonchev–Trinajstić information content (AvgIpc) is 2.14. The van der Waals surface area contributed by atoms with Crippen molar-refractivity contribution < 1.29 is 18.3 Å². The molecule has 0 radical (unpaired) electrons. The molecule has 0 amide bonds. The van der Waals surface area contributed by atoms with Crippen molar-refractivity contribution in [2.75, 3.05) is 0 Å². The molecule has 0 bridgehead atoms. The van der Waals surface area contributed by atoms with Gasteiger partial charge in [-0.2, -0.15) is 13.2 Å². The van der Waals surface area contributed by atoms with E-state index in [2.05, 4.69) is 0 Å². The standard InChI is InChI=1S/C10H11F3O.H3N/c11-10(12,13)9(14)7-6-8-4-2-1-3-5-8;/h1-5,9,14H,6-7H2;1H3/t9-;/m1./s1. The summed E-state index contributed by atoms with van der Waals surface area (Å²) in [5, 5.41) is 8.72. The summed E-state index contributed by atoms with van der Waals surface area (Å²) in [6.07, 6.45) is -6.77. The average molecular weight is 221 g/mol. The van der Waals surface area contributed by atoms with Crippen LogP contribution in [0.25, 0.3) is 0 Å². The van der Waals surface area contributed by atoms with Gasteiger partial charge in [0.15, 0.2) is 0 Å². The first kappa shape index (κ1) is 13.9. The van der Waals surface area contributed by atoms with Crippen LogP contribution in [0.4, 0.5) is 13.2 Å². The minimum atomic E-state index is -4.51. The normalized spacial score (nSPS) is 13.1. The Bertz CT molecular complexity index is 274. The zero-order valence-corrected chi connectivity index (χ0v) is 8.17. The second-order valence-corrected chi connectivity index (χ2v) is 3.08. The van der Waals surface area contributed by atoms with Gasteiger partial charge in [-0.15, -0.1) is 0 Å². The minimum Gasteiger partial charge on any atom is -0.384 e. The van der Waals surface area contributed by atoms with E-state index in [1.54, 1.807) is 30.3 Å². The van der Waals surface area contributed by atoms with Crippen LogP contribution in [-0.2, 0) is 6.42 Å². The first-order valence-corrected chi connectivity index (χ1v) is 4.29. The predicted molar refractivity (Wildman–Crippen MR) is 51.8 cm³/mol. The molecule has 1 aromatic rings. The summed E-state index contributed by atoms with van der Waals surface area (Å²) >= 11 is 0. The van der Waals surface area contributed by atoms with E-state index in [9.17, 15) is 13.2 Å². The SMILES string of the molecule is N.O[C@H](CCc1ccccc1)C(F)(F)F. The maximum atomic E-state index is 11.9. The maximum Gasteiger partial charge on any atom is 0.414 e. The molecule has 5 heteroatoms. The summed E-state index contributed by atoms with van der Waals surface area (Å²) in [5.74, 6) is 0. The lowest BCUT2D eigenvalue weighted by Crippen LogP contribution is -2.28. The summed E-state index contributed by atoms with van der Waals surface area (Å²) in [6, 6.07) is 8.79. The molecular formula is C10H14F3NO. The molecule has 1 atom stereocenters. The number of hydrogen-bond acceptors (Lipinski definition) is 2. The second-order valence-electron chi connectivity index (χ2n) is 3.08. The van der Waals surface area contributed by atoms with Gasteiger partial charge in [0.25, 0.3) is 0 Å². The van der Waals surface area contributed by atoms with Crippen LogP contribution in [0.2, 0.25) is 0 Å². The van der Waals surface area contributed by atoms with Crippen LogP contribution < -0.4 is 6.15 Å². The van der Waals surface area contributed by atoms with Gasteiger partial charge in [0.2, 0.25) is 0 Å². The Labute approximate surface area is 86.3 Å². The molecule has 0 saturated heterocycles. The summed E-state index contributed by atoms with van der Waals surface area (Å²) in [7, 11) is 0. The number of halogens is 3. The van der Waals surface area contributed by atoms with E-state index in [1.807, 2.05) is 0 Å². The lowest BCUT2D eigenvalue weighted by Gasteiger charge is -2.13. The Morgan fingerprint density at radius 2 is 1.67 bits per heavy atom. The zero-order valence-electron chi connectivity index (χ0n) is 8.17. The number of hydrogen-bond donors (Lipinski definition) is 2. The molecule has 0 spiro atoms. The molecule has 15 heavy (non-hydrogen) atoms. The van der Waals surface area contributed by atoms with E-state index in [0.717, 1.165) is 5.56 Å².